The lowest BCUT2D eigenvalue weighted by atomic mass is 10.0. The summed E-state index contributed by atoms with van der Waals surface area (Å²) >= 11 is 0. The van der Waals surface area contributed by atoms with Crippen molar-refractivity contribution in [3.8, 4) is 0 Å². The molecule has 0 aliphatic rings. The van der Waals surface area contributed by atoms with E-state index in [1.54, 1.807) is 0 Å². The Morgan fingerprint density at radius 1 is 0.700 bits per heavy atom. The van der Waals surface area contributed by atoms with Gasteiger partial charge in [0.25, 0.3) is 0 Å². The summed E-state index contributed by atoms with van der Waals surface area (Å²) in [7, 11) is -4.64. The second-order valence-corrected chi connectivity index (χ2v) is 8.19. The maximum Gasteiger partial charge on any atom is 0.466 e. The molecule has 0 aliphatic heterocycles. The molecule has 5 N–H and O–H groups in total. The number of ether oxygens (including phenoxy) is 3. The minimum Gasteiger partial charge on any atom is -0.394 e. The number of aliphatic hydroxyl groups is 2. The zero-order chi connectivity index (χ0) is 22.9. The zero-order valence-electron chi connectivity index (χ0n) is 18.6. The molecule has 0 fully saturated rings. The number of phosphoric acid groups is 1. The van der Waals surface area contributed by atoms with Crippen molar-refractivity contribution in [1.29, 1.82) is 0 Å². The van der Waals surface area contributed by atoms with Gasteiger partial charge in [0, 0.05) is 0 Å². The van der Waals surface area contributed by atoms with Gasteiger partial charge in [-0.1, -0.05) is 71.1 Å². The molecule has 0 saturated carbocycles. The number of hydrogen-bond acceptors (Lipinski definition) is 6. The Balaban J connectivity index is 0. The quantitative estimate of drug-likeness (QED) is 0.129. The summed E-state index contributed by atoms with van der Waals surface area (Å²) in [5.74, 6) is 0. The predicted octanol–water partition coefficient (Wildman–Crippen LogP) is 2.77. The standard InChI is InChI=1S/C20H42O5.H3O4P/c1-2-3-4-5-6-7-8-9-10-11-12-20(22)19-25-18-17-24-16-15-23-14-13-21;1-5(2,3)4/h20-22H,2-19H2,1H3;(H3,1,2,3,4). The molecule has 0 aliphatic carbocycles. The van der Waals surface area contributed by atoms with Gasteiger partial charge in [0.05, 0.1) is 52.4 Å². The predicted molar refractivity (Wildman–Crippen MR) is 116 cm³/mol. The fourth-order valence-corrected chi connectivity index (χ4v) is 2.67. The van der Waals surface area contributed by atoms with E-state index in [4.69, 9.17) is 38.6 Å². The zero-order valence-corrected chi connectivity index (χ0v) is 19.5. The van der Waals surface area contributed by atoms with E-state index in [0.29, 0.717) is 39.6 Å². The first-order valence-electron chi connectivity index (χ1n) is 11.1. The van der Waals surface area contributed by atoms with Crippen LogP contribution in [0.2, 0.25) is 0 Å². The Hall–Kier alpha value is -0.0900. The number of hydrogen-bond donors (Lipinski definition) is 5. The Bertz CT molecular complexity index is 358. The fourth-order valence-electron chi connectivity index (χ4n) is 2.67. The molecule has 0 radical (unpaired) electrons. The molecule has 0 bridgehead atoms. The molecular formula is C20H45O9P. The Morgan fingerprint density at radius 3 is 1.57 bits per heavy atom. The third kappa shape index (κ3) is 38.5. The van der Waals surface area contributed by atoms with Gasteiger partial charge in [-0.15, -0.1) is 0 Å². The minimum absolute atomic E-state index is 0.0417. The summed E-state index contributed by atoms with van der Waals surface area (Å²) in [4.78, 5) is 21.6. The van der Waals surface area contributed by atoms with E-state index < -0.39 is 7.82 Å². The molecule has 1 unspecified atom stereocenters. The SMILES string of the molecule is CCCCCCCCCCCCC(O)COCCOCCOCCO.O=P(O)(O)O. The van der Waals surface area contributed by atoms with Crippen molar-refractivity contribution >= 4 is 7.82 Å². The highest BCUT2D eigenvalue weighted by molar-refractivity contribution is 7.45. The largest absolute Gasteiger partial charge is 0.466 e. The maximum absolute atomic E-state index is 9.86. The first-order chi connectivity index (χ1) is 14.3. The lowest BCUT2D eigenvalue weighted by Gasteiger charge is -2.11. The van der Waals surface area contributed by atoms with Gasteiger partial charge in [-0.05, 0) is 6.42 Å². The molecule has 10 heteroatoms. The molecule has 1 atom stereocenters. The molecule has 0 aromatic rings. The van der Waals surface area contributed by atoms with E-state index in [0.717, 1.165) is 12.8 Å². The van der Waals surface area contributed by atoms with Gasteiger partial charge in [-0.3, -0.25) is 0 Å². The third-order valence-corrected chi connectivity index (χ3v) is 4.18. The average molecular weight is 461 g/mol. The molecule has 0 heterocycles. The van der Waals surface area contributed by atoms with E-state index in [-0.39, 0.29) is 12.7 Å². The van der Waals surface area contributed by atoms with E-state index >= 15 is 0 Å². The summed E-state index contributed by atoms with van der Waals surface area (Å²) in [5.41, 5.74) is 0. The van der Waals surface area contributed by atoms with Crippen LogP contribution in [0.15, 0.2) is 0 Å². The molecule has 30 heavy (non-hydrogen) atoms. The van der Waals surface area contributed by atoms with Crippen LogP contribution < -0.4 is 0 Å². The highest BCUT2D eigenvalue weighted by Crippen LogP contribution is 2.25. The maximum atomic E-state index is 9.86. The topological polar surface area (TPSA) is 146 Å². The summed E-state index contributed by atoms with van der Waals surface area (Å²) in [6.45, 7) is 5.03. The van der Waals surface area contributed by atoms with E-state index in [9.17, 15) is 5.11 Å². The Labute approximate surface area is 182 Å². The van der Waals surface area contributed by atoms with Gasteiger partial charge in [0.1, 0.15) is 0 Å². The van der Waals surface area contributed by atoms with Gasteiger partial charge in [-0.2, -0.15) is 0 Å². The van der Waals surface area contributed by atoms with Crippen LogP contribution in [0.4, 0.5) is 0 Å². The summed E-state index contributed by atoms with van der Waals surface area (Å²) in [5, 5.41) is 18.4. The van der Waals surface area contributed by atoms with Crippen LogP contribution in [-0.4, -0.2) is 77.2 Å². The molecule has 0 rings (SSSR count). The van der Waals surface area contributed by atoms with Crippen molar-refractivity contribution < 1.29 is 43.7 Å². The summed E-state index contributed by atoms with van der Waals surface area (Å²) < 4.78 is 24.7. The second kappa shape index (κ2) is 25.2. The van der Waals surface area contributed by atoms with Crippen molar-refractivity contribution in [3.63, 3.8) is 0 Å². The van der Waals surface area contributed by atoms with Crippen LogP contribution in [-0.2, 0) is 18.8 Å². The minimum atomic E-state index is -4.64. The second-order valence-electron chi connectivity index (χ2n) is 7.16. The number of aliphatic hydroxyl groups excluding tert-OH is 2. The molecule has 0 saturated heterocycles. The molecule has 9 nitrogen and oxygen atoms in total. The van der Waals surface area contributed by atoms with Crippen molar-refractivity contribution in [2.75, 3.05) is 46.2 Å². The van der Waals surface area contributed by atoms with Gasteiger partial charge in [0.2, 0.25) is 0 Å². The van der Waals surface area contributed by atoms with Crippen LogP contribution in [0.25, 0.3) is 0 Å². The summed E-state index contributed by atoms with van der Waals surface area (Å²) in [6, 6.07) is 0. The van der Waals surface area contributed by atoms with E-state index in [2.05, 4.69) is 6.92 Å². The van der Waals surface area contributed by atoms with Crippen LogP contribution in [0.3, 0.4) is 0 Å². The van der Waals surface area contributed by atoms with Gasteiger partial charge in [-0.25, -0.2) is 4.57 Å². The summed E-state index contributed by atoms with van der Waals surface area (Å²) in [6.07, 6.45) is 13.6. The van der Waals surface area contributed by atoms with Gasteiger partial charge >= 0.3 is 7.82 Å². The first kappa shape index (κ1) is 32.1. The monoisotopic (exact) mass is 460 g/mol. The first-order valence-corrected chi connectivity index (χ1v) is 12.7. The van der Waals surface area contributed by atoms with Crippen LogP contribution in [0, 0.1) is 0 Å². The molecular weight excluding hydrogens is 415 g/mol. The molecule has 0 aromatic carbocycles. The van der Waals surface area contributed by atoms with Crippen LogP contribution >= 0.6 is 7.82 Å². The molecule has 0 aromatic heterocycles. The van der Waals surface area contributed by atoms with E-state index in [1.807, 2.05) is 0 Å². The van der Waals surface area contributed by atoms with Crippen molar-refractivity contribution in [3.05, 3.63) is 0 Å². The molecule has 184 valence electrons. The lowest BCUT2D eigenvalue weighted by molar-refractivity contribution is -0.0144. The highest BCUT2D eigenvalue weighted by atomic mass is 31.2. The van der Waals surface area contributed by atoms with Crippen molar-refractivity contribution in [2.45, 2.75) is 83.7 Å². The van der Waals surface area contributed by atoms with Crippen LogP contribution in [0.1, 0.15) is 77.6 Å². The Kier molecular flexibility index (Phi) is 26.9. The van der Waals surface area contributed by atoms with Crippen molar-refractivity contribution in [2.24, 2.45) is 0 Å². The Morgan fingerprint density at radius 2 is 1.10 bits per heavy atom. The number of unbranched alkanes of at least 4 members (excludes halogenated alkanes) is 9. The molecule has 0 spiro atoms. The third-order valence-electron chi connectivity index (χ3n) is 4.18. The lowest BCUT2D eigenvalue weighted by Crippen LogP contribution is -2.18. The normalized spacial score (nSPS) is 12.5. The smallest absolute Gasteiger partial charge is 0.394 e. The van der Waals surface area contributed by atoms with Crippen LogP contribution in [0.5, 0.6) is 0 Å². The highest BCUT2D eigenvalue weighted by Gasteiger charge is 2.04. The van der Waals surface area contributed by atoms with Gasteiger partial charge in [0.15, 0.2) is 0 Å². The van der Waals surface area contributed by atoms with E-state index in [1.165, 1.54) is 57.8 Å². The van der Waals surface area contributed by atoms with Gasteiger partial charge < -0.3 is 39.1 Å². The fraction of sp³-hybridized carbons (Fsp3) is 1.00. The average Bonchev–Trinajstić information content (AvgIpc) is 2.67. The number of rotatable bonds is 21. The van der Waals surface area contributed by atoms with Crippen molar-refractivity contribution in [1.82, 2.24) is 0 Å². The molecule has 0 amide bonds.